The minimum atomic E-state index is -4.08. The van der Waals surface area contributed by atoms with Gasteiger partial charge in [0.15, 0.2) is 5.78 Å². The molecule has 0 spiro atoms. The molecule has 0 amide bonds. The van der Waals surface area contributed by atoms with Gasteiger partial charge in [-0.25, -0.2) is 13.2 Å². The van der Waals surface area contributed by atoms with Crippen LogP contribution in [0.3, 0.4) is 0 Å². The molecule has 0 saturated heterocycles. The average Bonchev–Trinajstić information content (AvgIpc) is 2.56. The van der Waals surface area contributed by atoms with Gasteiger partial charge in [0, 0.05) is 16.3 Å². The maximum atomic E-state index is 12.5. The Kier molecular flexibility index (Phi) is 6.01. The predicted octanol–water partition coefficient (Wildman–Crippen LogP) is 3.02. The first kappa shape index (κ1) is 19.9. The lowest BCUT2D eigenvalue weighted by Crippen LogP contribution is -2.17. The number of carboxylic acid groups (broad SMARTS) is 1. The van der Waals surface area contributed by atoms with Crippen molar-refractivity contribution in [1.82, 2.24) is 0 Å². The largest absolute Gasteiger partial charge is 0.475 e. The smallest absolute Gasteiger partial charge is 0.372 e. The molecule has 0 fully saturated rings. The Morgan fingerprint density at radius 1 is 1.04 bits per heavy atom. The van der Waals surface area contributed by atoms with Crippen molar-refractivity contribution < 1.29 is 27.9 Å². The summed E-state index contributed by atoms with van der Waals surface area (Å²) in [7, 11) is -4.08. The lowest BCUT2D eigenvalue weighted by molar-refractivity contribution is -0.148. The van der Waals surface area contributed by atoms with Crippen LogP contribution in [0.5, 0.6) is 0 Å². The molecule has 10 heteroatoms. The molecular weight excluding hydrogens is 405 g/mol. The van der Waals surface area contributed by atoms with E-state index in [0.717, 1.165) is 0 Å². The zero-order chi connectivity index (χ0) is 19.5. The number of ketones is 2. The molecular formula is C16H11Cl2NO6S. The second-order valence-electron chi connectivity index (χ2n) is 5.09. The molecule has 0 atom stereocenters. The summed E-state index contributed by atoms with van der Waals surface area (Å²) in [6, 6.07) is 9.22. The van der Waals surface area contributed by atoms with Crippen LogP contribution in [0.15, 0.2) is 47.4 Å². The van der Waals surface area contributed by atoms with Gasteiger partial charge < -0.3 is 5.11 Å². The third-order valence-corrected chi connectivity index (χ3v) is 5.28. The molecule has 2 aromatic carbocycles. The Hall–Kier alpha value is -2.42. The summed E-state index contributed by atoms with van der Waals surface area (Å²) in [5.41, 5.74) is 0.0201. The van der Waals surface area contributed by atoms with Crippen LogP contribution in [-0.4, -0.2) is 31.1 Å². The SMILES string of the molecule is O=C(O)C(=O)CC(=O)c1cccc(NS(=O)(=O)c2cc(Cl)ccc2Cl)c1. The zero-order valence-electron chi connectivity index (χ0n) is 12.9. The quantitative estimate of drug-likeness (QED) is 0.407. The molecule has 0 heterocycles. The maximum absolute atomic E-state index is 12.5. The molecule has 2 aromatic rings. The van der Waals surface area contributed by atoms with E-state index in [-0.39, 0.29) is 26.2 Å². The summed E-state index contributed by atoms with van der Waals surface area (Å²) < 4.78 is 27.2. The standard InChI is InChI=1S/C16H11Cl2NO6S/c17-10-4-5-12(18)15(7-10)26(24,25)19-11-3-1-2-9(6-11)13(20)8-14(21)16(22)23/h1-7,19H,8H2,(H,22,23). The lowest BCUT2D eigenvalue weighted by Gasteiger charge is -2.10. The molecule has 0 saturated carbocycles. The van der Waals surface area contributed by atoms with Crippen LogP contribution in [-0.2, 0) is 19.6 Å². The molecule has 2 rings (SSSR count). The van der Waals surface area contributed by atoms with E-state index in [9.17, 15) is 22.8 Å². The summed E-state index contributed by atoms with van der Waals surface area (Å²) in [4.78, 5) is 33.4. The Balaban J connectivity index is 2.28. The van der Waals surface area contributed by atoms with Crippen molar-refractivity contribution in [3.8, 4) is 0 Å². The van der Waals surface area contributed by atoms with Crippen LogP contribution in [0.1, 0.15) is 16.8 Å². The number of rotatable bonds is 7. The van der Waals surface area contributed by atoms with E-state index in [1.807, 2.05) is 0 Å². The minimum Gasteiger partial charge on any atom is -0.475 e. The third-order valence-electron chi connectivity index (χ3n) is 3.18. The molecule has 0 unspecified atom stereocenters. The maximum Gasteiger partial charge on any atom is 0.372 e. The number of nitrogens with one attached hydrogen (secondary N) is 1. The molecule has 2 N–H and O–H groups in total. The van der Waals surface area contributed by atoms with E-state index in [1.165, 1.54) is 42.5 Å². The van der Waals surface area contributed by atoms with E-state index in [1.54, 1.807) is 0 Å². The summed E-state index contributed by atoms with van der Waals surface area (Å²) in [6.45, 7) is 0. The highest BCUT2D eigenvalue weighted by Gasteiger charge is 2.21. The summed E-state index contributed by atoms with van der Waals surface area (Å²) in [5.74, 6) is -3.73. The lowest BCUT2D eigenvalue weighted by atomic mass is 10.1. The van der Waals surface area contributed by atoms with Crippen molar-refractivity contribution in [3.05, 3.63) is 58.1 Å². The second kappa shape index (κ2) is 7.86. The molecule has 0 aliphatic heterocycles. The highest BCUT2D eigenvalue weighted by Crippen LogP contribution is 2.27. The van der Waals surface area contributed by atoms with Crippen LogP contribution in [0.2, 0.25) is 10.0 Å². The fraction of sp³-hybridized carbons (Fsp3) is 0.0625. The Labute approximate surface area is 158 Å². The molecule has 0 aromatic heterocycles. The van der Waals surface area contributed by atoms with Crippen LogP contribution in [0, 0.1) is 0 Å². The van der Waals surface area contributed by atoms with Gasteiger partial charge in [0.1, 0.15) is 4.90 Å². The minimum absolute atomic E-state index is 0.0167. The molecule has 0 aliphatic carbocycles. The number of benzene rings is 2. The number of Topliss-reactive ketones (excluding diaryl/α,β-unsaturated/α-hetero) is 2. The average molecular weight is 416 g/mol. The summed E-state index contributed by atoms with van der Waals surface area (Å²) in [6.07, 6.45) is -0.828. The van der Waals surface area contributed by atoms with Crippen LogP contribution >= 0.6 is 23.2 Å². The highest BCUT2D eigenvalue weighted by atomic mass is 35.5. The fourth-order valence-electron chi connectivity index (χ4n) is 1.97. The van der Waals surface area contributed by atoms with Gasteiger partial charge in [-0.2, -0.15) is 0 Å². The van der Waals surface area contributed by atoms with Gasteiger partial charge in [0.2, 0.25) is 5.78 Å². The number of hydrogen-bond donors (Lipinski definition) is 2. The van der Waals surface area contributed by atoms with Crippen molar-refractivity contribution >= 4 is 56.4 Å². The van der Waals surface area contributed by atoms with Crippen molar-refractivity contribution in [3.63, 3.8) is 0 Å². The Morgan fingerprint density at radius 3 is 2.38 bits per heavy atom. The van der Waals surface area contributed by atoms with Gasteiger partial charge in [0.25, 0.3) is 10.0 Å². The van der Waals surface area contributed by atoms with Crippen LogP contribution in [0.25, 0.3) is 0 Å². The molecule has 7 nitrogen and oxygen atoms in total. The Bertz CT molecular complexity index is 1000. The topological polar surface area (TPSA) is 118 Å². The number of aliphatic carboxylic acids is 1. The van der Waals surface area contributed by atoms with E-state index < -0.39 is 34.0 Å². The molecule has 136 valence electrons. The fourth-order valence-corrected chi connectivity index (χ4v) is 3.79. The van der Waals surface area contributed by atoms with Crippen molar-refractivity contribution in [2.75, 3.05) is 4.72 Å². The van der Waals surface area contributed by atoms with Crippen LogP contribution < -0.4 is 4.72 Å². The highest BCUT2D eigenvalue weighted by molar-refractivity contribution is 7.92. The van der Waals surface area contributed by atoms with Gasteiger partial charge in [-0.05, 0) is 30.3 Å². The molecule has 0 radical (unpaired) electrons. The number of hydrogen-bond acceptors (Lipinski definition) is 5. The van der Waals surface area contributed by atoms with Crippen molar-refractivity contribution in [2.45, 2.75) is 11.3 Å². The number of carbonyl (C=O) groups is 3. The van der Waals surface area contributed by atoms with E-state index in [4.69, 9.17) is 28.3 Å². The summed E-state index contributed by atoms with van der Waals surface area (Å²) in [5, 5.41) is 8.67. The van der Waals surface area contributed by atoms with Gasteiger partial charge in [-0.3, -0.25) is 14.3 Å². The van der Waals surface area contributed by atoms with E-state index in [0.29, 0.717) is 0 Å². The first-order valence-corrected chi connectivity index (χ1v) is 9.21. The van der Waals surface area contributed by atoms with E-state index in [2.05, 4.69) is 4.72 Å². The number of halogens is 2. The van der Waals surface area contributed by atoms with Crippen molar-refractivity contribution in [2.24, 2.45) is 0 Å². The first-order valence-electron chi connectivity index (χ1n) is 6.97. The second-order valence-corrected chi connectivity index (χ2v) is 7.58. The van der Waals surface area contributed by atoms with Crippen molar-refractivity contribution in [1.29, 1.82) is 0 Å². The number of carbonyl (C=O) groups excluding carboxylic acids is 2. The number of anilines is 1. The predicted molar refractivity (Wildman–Crippen MR) is 95.3 cm³/mol. The number of carboxylic acids is 1. The van der Waals surface area contributed by atoms with Crippen LogP contribution in [0.4, 0.5) is 5.69 Å². The Morgan fingerprint density at radius 2 is 1.73 bits per heavy atom. The zero-order valence-corrected chi connectivity index (χ0v) is 15.2. The molecule has 26 heavy (non-hydrogen) atoms. The first-order chi connectivity index (χ1) is 12.1. The molecule has 0 bridgehead atoms. The van der Waals surface area contributed by atoms with E-state index >= 15 is 0 Å². The monoisotopic (exact) mass is 415 g/mol. The van der Waals surface area contributed by atoms with Gasteiger partial charge in [0.05, 0.1) is 11.4 Å². The molecule has 0 aliphatic rings. The van der Waals surface area contributed by atoms with Gasteiger partial charge >= 0.3 is 5.97 Å². The normalized spacial score (nSPS) is 11.0. The van der Waals surface area contributed by atoms with Gasteiger partial charge in [-0.15, -0.1) is 0 Å². The number of sulfonamides is 1. The van der Waals surface area contributed by atoms with Gasteiger partial charge in [-0.1, -0.05) is 35.3 Å². The summed E-state index contributed by atoms with van der Waals surface area (Å²) >= 11 is 11.7. The third kappa shape index (κ3) is 4.81.